The van der Waals surface area contributed by atoms with Gasteiger partial charge >= 0.3 is 0 Å². The van der Waals surface area contributed by atoms with Crippen molar-refractivity contribution in [3.8, 4) is 11.5 Å². The van der Waals surface area contributed by atoms with Gasteiger partial charge in [-0.15, -0.1) is 0 Å². The van der Waals surface area contributed by atoms with Gasteiger partial charge in [-0.1, -0.05) is 0 Å². The highest BCUT2D eigenvalue weighted by atomic mass is 16.5. The normalized spacial score (nSPS) is 16.8. The minimum absolute atomic E-state index is 0.560. The van der Waals surface area contributed by atoms with Crippen molar-refractivity contribution in [2.45, 2.75) is 37.6 Å². The Labute approximate surface area is 145 Å². The molecule has 3 aromatic heterocycles. The molecule has 128 valence electrons. The predicted octanol–water partition coefficient (Wildman–Crippen LogP) is 3.76. The van der Waals surface area contributed by atoms with Gasteiger partial charge < -0.3 is 10.1 Å². The van der Waals surface area contributed by atoms with Gasteiger partial charge in [-0.05, 0) is 31.7 Å². The molecule has 0 saturated heterocycles. The van der Waals surface area contributed by atoms with Gasteiger partial charge in [0.05, 0.1) is 24.1 Å². The van der Waals surface area contributed by atoms with Crippen molar-refractivity contribution < 1.29 is 4.74 Å². The van der Waals surface area contributed by atoms with Crippen LogP contribution in [0.2, 0.25) is 0 Å². The molecule has 0 bridgehead atoms. The van der Waals surface area contributed by atoms with Gasteiger partial charge in [-0.2, -0.15) is 10.2 Å². The molecule has 5 rings (SSSR count). The lowest BCUT2D eigenvalue weighted by Gasteiger charge is -2.07. The standard InChI is InChI=1S/C18H20N6O/c1-23-10-13(9-20-23)21-17-8-15(6-7-19-17)25-16-11-24(14-4-5-14)22-18(16)12-2-3-12/h6-12,14H,2-5H2,1H3,(H,19,21). The molecule has 3 aromatic rings. The molecular weight excluding hydrogens is 316 g/mol. The molecule has 7 nitrogen and oxygen atoms in total. The third kappa shape index (κ3) is 3.09. The minimum atomic E-state index is 0.560. The van der Waals surface area contributed by atoms with E-state index in [1.165, 1.54) is 25.7 Å². The summed E-state index contributed by atoms with van der Waals surface area (Å²) in [6, 6.07) is 4.34. The Kier molecular flexibility index (Phi) is 3.26. The van der Waals surface area contributed by atoms with Crippen LogP contribution in [0.4, 0.5) is 11.5 Å². The van der Waals surface area contributed by atoms with Gasteiger partial charge in [0.25, 0.3) is 0 Å². The highest BCUT2D eigenvalue weighted by Crippen LogP contribution is 2.46. The number of aryl methyl sites for hydroxylation is 1. The second-order valence-electron chi connectivity index (χ2n) is 6.87. The monoisotopic (exact) mass is 336 g/mol. The molecule has 2 fully saturated rings. The number of ether oxygens (including phenoxy) is 1. The smallest absolute Gasteiger partial charge is 0.168 e. The first-order valence-corrected chi connectivity index (χ1v) is 8.73. The van der Waals surface area contributed by atoms with E-state index in [0.717, 1.165) is 28.7 Å². The molecule has 2 aliphatic carbocycles. The van der Waals surface area contributed by atoms with E-state index in [1.54, 1.807) is 17.1 Å². The summed E-state index contributed by atoms with van der Waals surface area (Å²) in [5.74, 6) is 2.93. The van der Waals surface area contributed by atoms with Crippen LogP contribution in [0.3, 0.4) is 0 Å². The molecular formula is C18H20N6O. The fourth-order valence-corrected chi connectivity index (χ4v) is 2.94. The number of hydrogen-bond acceptors (Lipinski definition) is 5. The zero-order valence-corrected chi connectivity index (χ0v) is 14.1. The second kappa shape index (κ2) is 5.61. The van der Waals surface area contributed by atoms with E-state index in [2.05, 4.69) is 26.3 Å². The first-order chi connectivity index (χ1) is 12.2. The van der Waals surface area contributed by atoms with E-state index < -0.39 is 0 Å². The quantitative estimate of drug-likeness (QED) is 0.742. The molecule has 0 amide bonds. The molecule has 0 aliphatic heterocycles. The Morgan fingerprint density at radius 1 is 1.20 bits per heavy atom. The molecule has 2 aliphatic rings. The summed E-state index contributed by atoms with van der Waals surface area (Å²) in [5.41, 5.74) is 2.00. The Hall–Kier alpha value is -2.83. The number of anilines is 2. The number of pyridine rings is 1. The summed E-state index contributed by atoms with van der Waals surface area (Å²) in [7, 11) is 1.88. The third-order valence-corrected chi connectivity index (χ3v) is 4.55. The Bertz CT molecular complexity index is 906. The lowest BCUT2D eigenvalue weighted by Crippen LogP contribution is -1.94. The molecule has 0 atom stereocenters. The maximum absolute atomic E-state index is 6.17. The second-order valence-corrected chi connectivity index (χ2v) is 6.87. The van der Waals surface area contributed by atoms with Crippen molar-refractivity contribution in [3.05, 3.63) is 42.6 Å². The third-order valence-electron chi connectivity index (χ3n) is 4.55. The SMILES string of the molecule is Cn1cc(Nc2cc(Oc3cn(C4CC4)nc3C3CC3)ccn2)cn1. The van der Waals surface area contributed by atoms with Crippen molar-refractivity contribution in [2.24, 2.45) is 7.05 Å². The van der Waals surface area contributed by atoms with Crippen LogP contribution in [-0.4, -0.2) is 24.5 Å². The van der Waals surface area contributed by atoms with Crippen LogP contribution in [0.5, 0.6) is 11.5 Å². The first kappa shape index (κ1) is 14.5. The van der Waals surface area contributed by atoms with Crippen LogP contribution in [0.25, 0.3) is 0 Å². The van der Waals surface area contributed by atoms with Crippen molar-refractivity contribution >= 4 is 11.5 Å². The molecule has 2 saturated carbocycles. The van der Waals surface area contributed by atoms with Crippen LogP contribution >= 0.6 is 0 Å². The maximum atomic E-state index is 6.17. The zero-order valence-electron chi connectivity index (χ0n) is 14.1. The number of aromatic nitrogens is 5. The molecule has 7 heteroatoms. The van der Waals surface area contributed by atoms with Crippen molar-refractivity contribution in [2.75, 3.05) is 5.32 Å². The Morgan fingerprint density at radius 2 is 2.08 bits per heavy atom. The van der Waals surface area contributed by atoms with Crippen molar-refractivity contribution in [3.63, 3.8) is 0 Å². The predicted molar refractivity (Wildman–Crippen MR) is 93.3 cm³/mol. The van der Waals surface area contributed by atoms with Crippen LogP contribution in [-0.2, 0) is 7.05 Å². The fraction of sp³-hybridized carbons (Fsp3) is 0.389. The summed E-state index contributed by atoms with van der Waals surface area (Å²) >= 11 is 0. The average molecular weight is 336 g/mol. The van der Waals surface area contributed by atoms with E-state index in [9.17, 15) is 0 Å². The average Bonchev–Trinajstić information content (AvgIpc) is 3.53. The van der Waals surface area contributed by atoms with Crippen LogP contribution in [0.1, 0.15) is 43.3 Å². The highest BCUT2D eigenvalue weighted by Gasteiger charge is 2.33. The number of nitrogens with zero attached hydrogens (tertiary/aromatic N) is 5. The number of hydrogen-bond donors (Lipinski definition) is 1. The molecule has 0 aromatic carbocycles. The van der Waals surface area contributed by atoms with E-state index in [1.807, 2.05) is 25.4 Å². The molecule has 1 N–H and O–H groups in total. The van der Waals surface area contributed by atoms with Gasteiger partial charge in [0, 0.05) is 31.4 Å². The molecule has 0 unspecified atom stereocenters. The summed E-state index contributed by atoms with van der Waals surface area (Å²) in [4.78, 5) is 4.35. The van der Waals surface area contributed by atoms with Crippen LogP contribution in [0.15, 0.2) is 36.9 Å². The van der Waals surface area contributed by atoms with Gasteiger partial charge in [-0.25, -0.2) is 4.98 Å². The highest BCUT2D eigenvalue weighted by molar-refractivity contribution is 5.55. The molecule has 0 spiro atoms. The first-order valence-electron chi connectivity index (χ1n) is 8.73. The number of nitrogens with one attached hydrogen (secondary N) is 1. The molecule has 25 heavy (non-hydrogen) atoms. The maximum Gasteiger partial charge on any atom is 0.168 e. The Morgan fingerprint density at radius 3 is 2.80 bits per heavy atom. The lowest BCUT2D eigenvalue weighted by atomic mass is 10.3. The van der Waals surface area contributed by atoms with Gasteiger partial charge in [0.1, 0.15) is 17.3 Å². The minimum Gasteiger partial charge on any atom is -0.454 e. The lowest BCUT2D eigenvalue weighted by molar-refractivity contribution is 0.475. The largest absolute Gasteiger partial charge is 0.454 e. The summed E-state index contributed by atoms with van der Waals surface area (Å²) in [6.07, 6.45) is 12.3. The van der Waals surface area contributed by atoms with Crippen LogP contribution in [0, 0.1) is 0 Å². The zero-order chi connectivity index (χ0) is 16.8. The molecule has 3 heterocycles. The summed E-state index contributed by atoms with van der Waals surface area (Å²) in [6.45, 7) is 0. The summed E-state index contributed by atoms with van der Waals surface area (Å²) < 4.78 is 10.00. The topological polar surface area (TPSA) is 69.8 Å². The van der Waals surface area contributed by atoms with Crippen molar-refractivity contribution in [1.29, 1.82) is 0 Å². The van der Waals surface area contributed by atoms with E-state index in [4.69, 9.17) is 9.84 Å². The van der Waals surface area contributed by atoms with Gasteiger partial charge in [0.15, 0.2) is 5.75 Å². The van der Waals surface area contributed by atoms with Gasteiger partial charge in [0.2, 0.25) is 0 Å². The summed E-state index contributed by atoms with van der Waals surface area (Å²) in [5, 5.41) is 12.2. The van der Waals surface area contributed by atoms with E-state index >= 15 is 0 Å². The van der Waals surface area contributed by atoms with Crippen LogP contribution < -0.4 is 10.1 Å². The molecule has 0 radical (unpaired) electrons. The van der Waals surface area contributed by atoms with E-state index in [0.29, 0.717) is 12.0 Å². The van der Waals surface area contributed by atoms with E-state index in [-0.39, 0.29) is 0 Å². The fourth-order valence-electron chi connectivity index (χ4n) is 2.94. The van der Waals surface area contributed by atoms with Crippen molar-refractivity contribution in [1.82, 2.24) is 24.5 Å². The number of rotatable bonds is 6. The Balaban J connectivity index is 1.38. The van der Waals surface area contributed by atoms with Gasteiger partial charge in [-0.3, -0.25) is 9.36 Å².